The van der Waals surface area contributed by atoms with E-state index in [1.165, 1.54) is 38.6 Å². The molecule has 1 rings (SSSR count). The Labute approximate surface area is 89.7 Å². The lowest BCUT2D eigenvalue weighted by atomic mass is 9.80. The van der Waals surface area contributed by atoms with Gasteiger partial charge in [-0.25, -0.2) is 0 Å². The smallest absolute Gasteiger partial charge is 0.00179 e. The average molecular weight is 197 g/mol. The van der Waals surface area contributed by atoms with Crippen molar-refractivity contribution in [3.05, 3.63) is 0 Å². The zero-order chi connectivity index (χ0) is 10.4. The SMILES string of the molecule is CCNCC1CCCCCC1C(C)C. The molecule has 0 spiro atoms. The molecule has 0 radical (unpaired) electrons. The summed E-state index contributed by atoms with van der Waals surface area (Å²) in [6.45, 7) is 9.38. The van der Waals surface area contributed by atoms with Crippen LogP contribution in [-0.4, -0.2) is 13.1 Å². The summed E-state index contributed by atoms with van der Waals surface area (Å²) in [5.74, 6) is 2.78. The molecule has 0 amide bonds. The normalized spacial score (nSPS) is 29.1. The summed E-state index contributed by atoms with van der Waals surface area (Å²) in [4.78, 5) is 0. The van der Waals surface area contributed by atoms with Gasteiger partial charge in [-0.15, -0.1) is 0 Å². The highest BCUT2D eigenvalue weighted by Gasteiger charge is 2.25. The average Bonchev–Trinajstić information content (AvgIpc) is 2.39. The summed E-state index contributed by atoms with van der Waals surface area (Å²) < 4.78 is 0. The van der Waals surface area contributed by atoms with Crippen molar-refractivity contribution in [1.82, 2.24) is 5.32 Å². The third-order valence-electron chi connectivity index (χ3n) is 3.73. The molecule has 1 saturated carbocycles. The van der Waals surface area contributed by atoms with E-state index in [1.807, 2.05) is 0 Å². The van der Waals surface area contributed by atoms with Gasteiger partial charge < -0.3 is 5.32 Å². The molecule has 14 heavy (non-hydrogen) atoms. The van der Waals surface area contributed by atoms with Crippen LogP contribution in [0.15, 0.2) is 0 Å². The summed E-state index contributed by atoms with van der Waals surface area (Å²) in [5, 5.41) is 3.53. The minimum atomic E-state index is 0.872. The first-order valence-corrected chi connectivity index (χ1v) is 6.46. The lowest BCUT2D eigenvalue weighted by molar-refractivity contribution is 0.232. The summed E-state index contributed by atoms with van der Waals surface area (Å²) in [5.41, 5.74) is 0. The maximum Gasteiger partial charge on any atom is -0.00179 e. The van der Waals surface area contributed by atoms with E-state index in [0.29, 0.717) is 0 Å². The minimum absolute atomic E-state index is 0.872. The lowest BCUT2D eigenvalue weighted by Crippen LogP contribution is -2.30. The first kappa shape index (κ1) is 12.0. The molecule has 1 fully saturated rings. The monoisotopic (exact) mass is 197 g/mol. The molecule has 84 valence electrons. The van der Waals surface area contributed by atoms with E-state index in [4.69, 9.17) is 0 Å². The van der Waals surface area contributed by atoms with Crippen LogP contribution >= 0.6 is 0 Å². The highest BCUT2D eigenvalue weighted by molar-refractivity contribution is 4.77. The van der Waals surface area contributed by atoms with Crippen LogP contribution in [0.25, 0.3) is 0 Å². The van der Waals surface area contributed by atoms with Gasteiger partial charge in [-0.3, -0.25) is 0 Å². The van der Waals surface area contributed by atoms with Crippen molar-refractivity contribution < 1.29 is 0 Å². The molecule has 0 aliphatic heterocycles. The third-order valence-corrected chi connectivity index (χ3v) is 3.73. The topological polar surface area (TPSA) is 12.0 Å². The summed E-state index contributed by atoms with van der Waals surface area (Å²) in [6.07, 6.45) is 7.31. The van der Waals surface area contributed by atoms with E-state index in [9.17, 15) is 0 Å². The van der Waals surface area contributed by atoms with Crippen LogP contribution in [0.3, 0.4) is 0 Å². The number of rotatable bonds is 4. The second-order valence-electron chi connectivity index (χ2n) is 5.11. The number of hydrogen-bond acceptors (Lipinski definition) is 1. The van der Waals surface area contributed by atoms with Gasteiger partial charge >= 0.3 is 0 Å². The quantitative estimate of drug-likeness (QED) is 0.681. The maximum atomic E-state index is 3.53. The Morgan fingerprint density at radius 2 is 1.86 bits per heavy atom. The molecule has 1 N–H and O–H groups in total. The molecular weight excluding hydrogens is 170 g/mol. The highest BCUT2D eigenvalue weighted by Crippen LogP contribution is 2.33. The van der Waals surface area contributed by atoms with E-state index < -0.39 is 0 Å². The van der Waals surface area contributed by atoms with Gasteiger partial charge in [-0.2, -0.15) is 0 Å². The van der Waals surface area contributed by atoms with Gasteiger partial charge in [-0.1, -0.05) is 40.0 Å². The molecule has 2 atom stereocenters. The van der Waals surface area contributed by atoms with E-state index >= 15 is 0 Å². The molecule has 0 saturated heterocycles. The van der Waals surface area contributed by atoms with Crippen molar-refractivity contribution in [1.29, 1.82) is 0 Å². The van der Waals surface area contributed by atoms with Crippen molar-refractivity contribution in [2.75, 3.05) is 13.1 Å². The van der Waals surface area contributed by atoms with Crippen LogP contribution in [0.4, 0.5) is 0 Å². The Kier molecular flexibility index (Phi) is 5.54. The fourth-order valence-corrected chi connectivity index (χ4v) is 2.87. The molecule has 0 bridgehead atoms. The van der Waals surface area contributed by atoms with Crippen molar-refractivity contribution in [2.24, 2.45) is 17.8 Å². The second-order valence-corrected chi connectivity index (χ2v) is 5.11. The van der Waals surface area contributed by atoms with Crippen molar-refractivity contribution in [3.63, 3.8) is 0 Å². The summed E-state index contributed by atoms with van der Waals surface area (Å²) in [7, 11) is 0. The maximum absolute atomic E-state index is 3.53. The molecule has 1 nitrogen and oxygen atoms in total. The van der Waals surface area contributed by atoms with Gasteiger partial charge in [0.2, 0.25) is 0 Å². The third kappa shape index (κ3) is 3.61. The largest absolute Gasteiger partial charge is 0.317 e. The minimum Gasteiger partial charge on any atom is -0.317 e. The van der Waals surface area contributed by atoms with Gasteiger partial charge in [-0.05, 0) is 43.7 Å². The van der Waals surface area contributed by atoms with Gasteiger partial charge in [0.05, 0.1) is 0 Å². The van der Waals surface area contributed by atoms with Crippen LogP contribution in [0.5, 0.6) is 0 Å². The first-order valence-electron chi connectivity index (χ1n) is 6.46. The molecule has 1 heteroatoms. The fraction of sp³-hybridized carbons (Fsp3) is 1.00. The van der Waals surface area contributed by atoms with Gasteiger partial charge in [0.15, 0.2) is 0 Å². The summed E-state index contributed by atoms with van der Waals surface area (Å²) in [6, 6.07) is 0. The Balaban J connectivity index is 2.45. The Morgan fingerprint density at radius 1 is 1.14 bits per heavy atom. The van der Waals surface area contributed by atoms with Crippen LogP contribution in [0, 0.1) is 17.8 Å². The predicted molar refractivity (Wildman–Crippen MR) is 63.4 cm³/mol. The zero-order valence-electron chi connectivity index (χ0n) is 10.2. The Morgan fingerprint density at radius 3 is 2.50 bits per heavy atom. The van der Waals surface area contributed by atoms with Crippen molar-refractivity contribution in [2.45, 2.75) is 52.9 Å². The van der Waals surface area contributed by atoms with Crippen LogP contribution in [0.1, 0.15) is 52.9 Å². The zero-order valence-corrected chi connectivity index (χ0v) is 10.2. The first-order chi connectivity index (χ1) is 6.75. The van der Waals surface area contributed by atoms with Crippen LogP contribution in [-0.2, 0) is 0 Å². The van der Waals surface area contributed by atoms with Gasteiger partial charge in [0.25, 0.3) is 0 Å². The Hall–Kier alpha value is -0.0400. The molecule has 1 aliphatic rings. The molecule has 0 heterocycles. The van der Waals surface area contributed by atoms with Crippen LogP contribution < -0.4 is 5.32 Å². The van der Waals surface area contributed by atoms with E-state index in [2.05, 4.69) is 26.1 Å². The molecule has 2 unspecified atom stereocenters. The predicted octanol–water partition coefficient (Wildman–Crippen LogP) is 3.45. The second kappa shape index (κ2) is 6.44. The highest BCUT2D eigenvalue weighted by atomic mass is 14.8. The summed E-state index contributed by atoms with van der Waals surface area (Å²) >= 11 is 0. The van der Waals surface area contributed by atoms with Gasteiger partial charge in [0, 0.05) is 0 Å². The molecule has 0 aromatic rings. The van der Waals surface area contributed by atoms with E-state index in [1.54, 1.807) is 0 Å². The number of nitrogens with one attached hydrogen (secondary N) is 1. The van der Waals surface area contributed by atoms with Gasteiger partial charge in [0.1, 0.15) is 0 Å². The number of hydrogen-bond donors (Lipinski definition) is 1. The van der Waals surface area contributed by atoms with Crippen molar-refractivity contribution in [3.8, 4) is 0 Å². The molecular formula is C13H27N. The van der Waals surface area contributed by atoms with Crippen LogP contribution in [0.2, 0.25) is 0 Å². The molecule has 0 aromatic carbocycles. The molecule has 0 aromatic heterocycles. The van der Waals surface area contributed by atoms with Crippen molar-refractivity contribution >= 4 is 0 Å². The van der Waals surface area contributed by atoms with E-state index in [-0.39, 0.29) is 0 Å². The van der Waals surface area contributed by atoms with E-state index in [0.717, 1.165) is 24.3 Å². The molecule has 1 aliphatic carbocycles. The lowest BCUT2D eigenvalue weighted by Gasteiger charge is -2.28. The Bertz CT molecular complexity index is 142. The standard InChI is InChI=1S/C13H27N/c1-4-14-10-12-8-6-5-7-9-13(12)11(2)3/h11-14H,4-10H2,1-3H3. The fourth-order valence-electron chi connectivity index (χ4n) is 2.87.